The van der Waals surface area contributed by atoms with Crippen LogP contribution < -0.4 is 5.32 Å². The van der Waals surface area contributed by atoms with Gasteiger partial charge in [0, 0.05) is 5.92 Å². The van der Waals surface area contributed by atoms with E-state index in [2.05, 4.69) is 5.32 Å². The summed E-state index contributed by atoms with van der Waals surface area (Å²) in [5.74, 6) is -0.116. The predicted octanol–water partition coefficient (Wildman–Crippen LogP) is 2.63. The van der Waals surface area contributed by atoms with Crippen molar-refractivity contribution in [3.63, 3.8) is 0 Å². The van der Waals surface area contributed by atoms with Gasteiger partial charge < -0.3 is 14.8 Å². The molecular weight excluding hydrogens is 310 g/mol. The minimum Gasteiger partial charge on any atom is -0.465 e. The first kappa shape index (κ1) is 16.5. The summed E-state index contributed by atoms with van der Waals surface area (Å²) in [5, 5.41) is 2.82. The summed E-state index contributed by atoms with van der Waals surface area (Å²) < 4.78 is 9.45. The molecule has 0 unspecified atom stereocenters. The Morgan fingerprint density at radius 2 is 1.79 bits per heavy atom. The van der Waals surface area contributed by atoms with E-state index in [1.165, 1.54) is 38.8 Å². The molecular formula is C18H21NO5. The lowest BCUT2D eigenvalue weighted by molar-refractivity contribution is -0.121. The second kappa shape index (κ2) is 6.63. The molecule has 0 spiro atoms. The van der Waals surface area contributed by atoms with E-state index in [0.29, 0.717) is 11.8 Å². The van der Waals surface area contributed by atoms with Gasteiger partial charge in [0.1, 0.15) is 0 Å². The van der Waals surface area contributed by atoms with Crippen molar-refractivity contribution in [3.05, 3.63) is 29.3 Å². The molecule has 0 heterocycles. The van der Waals surface area contributed by atoms with Gasteiger partial charge >= 0.3 is 11.9 Å². The number of nitrogens with one attached hydrogen (secondary N) is 1. The Bertz CT molecular complexity index is 684. The van der Waals surface area contributed by atoms with Crippen LogP contribution in [-0.2, 0) is 14.3 Å². The Kier molecular flexibility index (Phi) is 4.55. The molecule has 24 heavy (non-hydrogen) atoms. The Morgan fingerprint density at radius 1 is 1.04 bits per heavy atom. The number of benzene rings is 1. The highest BCUT2D eigenvalue weighted by Gasteiger charge is 2.43. The lowest BCUT2D eigenvalue weighted by Crippen LogP contribution is -2.28. The van der Waals surface area contributed by atoms with Crippen LogP contribution in [0.1, 0.15) is 46.4 Å². The zero-order valence-electron chi connectivity index (χ0n) is 13.8. The summed E-state index contributed by atoms with van der Waals surface area (Å²) in [5.41, 5.74) is 0.785. The Morgan fingerprint density at radius 3 is 2.38 bits per heavy atom. The van der Waals surface area contributed by atoms with Crippen molar-refractivity contribution < 1.29 is 23.9 Å². The van der Waals surface area contributed by atoms with Gasteiger partial charge in [-0.3, -0.25) is 4.79 Å². The predicted molar refractivity (Wildman–Crippen MR) is 86.7 cm³/mol. The summed E-state index contributed by atoms with van der Waals surface area (Å²) in [6.45, 7) is 0. The third kappa shape index (κ3) is 3.00. The normalized spacial score (nSPS) is 24.5. The number of methoxy groups -OCH3 is 2. The smallest absolute Gasteiger partial charge is 0.339 e. The molecule has 1 aromatic carbocycles. The maximum Gasteiger partial charge on any atom is 0.339 e. The van der Waals surface area contributed by atoms with Gasteiger partial charge in [0.25, 0.3) is 0 Å². The number of carbonyl (C=O) groups excluding carboxylic acids is 3. The van der Waals surface area contributed by atoms with E-state index in [0.717, 1.165) is 19.3 Å². The SMILES string of the molecule is COC(=O)c1ccc(C(=O)OC)c(NC(=O)[C@H]2C[C@H]3CC[C@H]2C3)c1. The average molecular weight is 331 g/mol. The van der Waals surface area contributed by atoms with Crippen molar-refractivity contribution in [1.82, 2.24) is 0 Å². The number of esters is 2. The summed E-state index contributed by atoms with van der Waals surface area (Å²) >= 11 is 0. The molecule has 3 atom stereocenters. The molecule has 2 fully saturated rings. The highest BCUT2D eigenvalue weighted by atomic mass is 16.5. The maximum absolute atomic E-state index is 12.6. The van der Waals surface area contributed by atoms with Crippen LogP contribution in [0.3, 0.4) is 0 Å². The molecule has 0 aliphatic heterocycles. The van der Waals surface area contributed by atoms with E-state index in [1.54, 1.807) is 0 Å². The van der Waals surface area contributed by atoms with E-state index in [-0.39, 0.29) is 28.6 Å². The van der Waals surface area contributed by atoms with Gasteiger partial charge in [-0.2, -0.15) is 0 Å². The van der Waals surface area contributed by atoms with Crippen molar-refractivity contribution in [2.75, 3.05) is 19.5 Å². The zero-order chi connectivity index (χ0) is 17.3. The average Bonchev–Trinajstić information content (AvgIpc) is 3.23. The van der Waals surface area contributed by atoms with Gasteiger partial charge in [-0.1, -0.05) is 6.42 Å². The number of fused-ring (bicyclic) bond motifs is 2. The molecule has 6 nitrogen and oxygen atoms in total. The first-order valence-electron chi connectivity index (χ1n) is 8.15. The topological polar surface area (TPSA) is 81.7 Å². The van der Waals surface area contributed by atoms with Crippen molar-refractivity contribution in [1.29, 1.82) is 0 Å². The number of anilines is 1. The van der Waals surface area contributed by atoms with Gasteiger partial charge in [-0.25, -0.2) is 9.59 Å². The number of amides is 1. The summed E-state index contributed by atoms with van der Waals surface area (Å²) in [4.78, 5) is 36.3. The van der Waals surface area contributed by atoms with Gasteiger partial charge in [0.2, 0.25) is 5.91 Å². The fourth-order valence-electron chi connectivity index (χ4n) is 3.97. The summed E-state index contributed by atoms with van der Waals surface area (Å²) in [7, 11) is 2.56. The third-order valence-corrected chi connectivity index (χ3v) is 5.18. The third-order valence-electron chi connectivity index (χ3n) is 5.18. The minimum atomic E-state index is -0.561. The highest BCUT2D eigenvalue weighted by molar-refractivity contribution is 6.04. The molecule has 0 aromatic heterocycles. The van der Waals surface area contributed by atoms with Crippen molar-refractivity contribution in [2.45, 2.75) is 25.7 Å². The van der Waals surface area contributed by atoms with Crippen LogP contribution in [-0.4, -0.2) is 32.1 Å². The molecule has 2 aliphatic rings. The van der Waals surface area contributed by atoms with Crippen molar-refractivity contribution >= 4 is 23.5 Å². The van der Waals surface area contributed by atoms with Crippen LogP contribution in [0.5, 0.6) is 0 Å². The second-order valence-corrected chi connectivity index (χ2v) is 6.51. The standard InChI is InChI=1S/C18H21NO5/c1-23-17(21)12-5-6-13(18(22)24-2)15(9-12)19-16(20)14-8-10-3-4-11(14)7-10/h5-6,9-11,14H,3-4,7-8H2,1-2H3,(H,19,20)/t10-,11-,14-/m0/s1. The maximum atomic E-state index is 12.6. The molecule has 1 amide bonds. The van der Waals surface area contributed by atoms with Crippen LogP contribution in [0, 0.1) is 17.8 Å². The molecule has 0 radical (unpaired) electrons. The highest BCUT2D eigenvalue weighted by Crippen LogP contribution is 2.48. The van der Waals surface area contributed by atoms with E-state index in [4.69, 9.17) is 9.47 Å². The van der Waals surface area contributed by atoms with Gasteiger partial charge in [-0.05, 0) is 49.3 Å². The molecule has 2 aliphatic carbocycles. The lowest BCUT2D eigenvalue weighted by Gasteiger charge is -2.21. The largest absolute Gasteiger partial charge is 0.465 e. The van der Waals surface area contributed by atoms with Crippen LogP contribution >= 0.6 is 0 Å². The van der Waals surface area contributed by atoms with Gasteiger partial charge in [-0.15, -0.1) is 0 Å². The molecule has 2 saturated carbocycles. The Balaban J connectivity index is 1.85. The number of rotatable bonds is 4. The molecule has 1 aromatic rings. The fraction of sp³-hybridized carbons (Fsp3) is 0.500. The minimum absolute atomic E-state index is 0.0176. The van der Waals surface area contributed by atoms with Crippen LogP contribution in [0.15, 0.2) is 18.2 Å². The number of ether oxygens (including phenoxy) is 2. The van der Waals surface area contributed by atoms with E-state index in [1.807, 2.05) is 0 Å². The Labute approximate surface area is 140 Å². The summed E-state index contributed by atoms with van der Waals surface area (Å²) in [6, 6.07) is 4.41. The first-order valence-corrected chi connectivity index (χ1v) is 8.15. The van der Waals surface area contributed by atoms with Crippen LogP contribution in [0.2, 0.25) is 0 Å². The zero-order valence-corrected chi connectivity index (χ0v) is 13.8. The quantitative estimate of drug-likeness (QED) is 0.858. The molecule has 6 heteroatoms. The van der Waals surface area contributed by atoms with Gasteiger partial charge in [0.15, 0.2) is 0 Å². The number of hydrogen-bond donors (Lipinski definition) is 1. The molecule has 2 bridgehead atoms. The number of hydrogen-bond acceptors (Lipinski definition) is 5. The molecule has 3 rings (SSSR count). The van der Waals surface area contributed by atoms with Crippen molar-refractivity contribution in [3.8, 4) is 0 Å². The van der Waals surface area contributed by atoms with Crippen LogP contribution in [0.4, 0.5) is 5.69 Å². The monoisotopic (exact) mass is 331 g/mol. The van der Waals surface area contributed by atoms with Crippen LogP contribution in [0.25, 0.3) is 0 Å². The van der Waals surface area contributed by atoms with Crippen molar-refractivity contribution in [2.24, 2.45) is 17.8 Å². The first-order chi connectivity index (χ1) is 11.5. The van der Waals surface area contributed by atoms with Gasteiger partial charge in [0.05, 0.1) is 31.0 Å². The Hall–Kier alpha value is -2.37. The lowest BCUT2D eigenvalue weighted by atomic mass is 9.88. The molecule has 128 valence electrons. The number of carbonyl (C=O) groups is 3. The van der Waals surface area contributed by atoms with E-state index in [9.17, 15) is 14.4 Å². The van der Waals surface area contributed by atoms with E-state index < -0.39 is 11.9 Å². The molecule has 0 saturated heterocycles. The molecule has 1 N–H and O–H groups in total. The summed E-state index contributed by atoms with van der Waals surface area (Å²) in [6.07, 6.45) is 4.32. The van der Waals surface area contributed by atoms with E-state index >= 15 is 0 Å². The second-order valence-electron chi connectivity index (χ2n) is 6.51. The fourth-order valence-corrected chi connectivity index (χ4v) is 3.97.